The monoisotopic (exact) mass is 301 g/mol. The summed E-state index contributed by atoms with van der Waals surface area (Å²) in [7, 11) is 0. The summed E-state index contributed by atoms with van der Waals surface area (Å²) in [4.78, 5) is 15.4. The molecule has 0 saturated heterocycles. The van der Waals surface area contributed by atoms with Crippen LogP contribution < -0.4 is 11.1 Å². The topological polar surface area (TPSA) is 70.9 Å². The summed E-state index contributed by atoms with van der Waals surface area (Å²) in [6.45, 7) is 2.01. The van der Waals surface area contributed by atoms with Crippen LogP contribution in [0.1, 0.15) is 15.9 Å². The maximum atomic E-state index is 12.3. The maximum absolute atomic E-state index is 12.3. The minimum Gasteiger partial charge on any atom is -0.399 e. The van der Waals surface area contributed by atoms with E-state index < -0.39 is 0 Å². The van der Waals surface area contributed by atoms with Gasteiger partial charge in [-0.1, -0.05) is 17.7 Å². The van der Waals surface area contributed by atoms with E-state index in [-0.39, 0.29) is 18.3 Å². The van der Waals surface area contributed by atoms with Crippen molar-refractivity contribution in [3.05, 3.63) is 59.8 Å². The molecule has 1 aromatic heterocycles. The van der Waals surface area contributed by atoms with Crippen LogP contribution in [0, 0.1) is 6.92 Å². The Labute approximate surface area is 128 Å². The van der Waals surface area contributed by atoms with Gasteiger partial charge in [-0.15, -0.1) is 12.4 Å². The van der Waals surface area contributed by atoms with Gasteiger partial charge in [-0.25, -0.2) is 0 Å². The minimum atomic E-state index is -0.147. The van der Waals surface area contributed by atoms with Crippen LogP contribution in [-0.2, 0) is 0 Å². The summed E-state index contributed by atoms with van der Waals surface area (Å²) < 4.78 is 0. The molecule has 3 aromatic rings. The van der Waals surface area contributed by atoms with Gasteiger partial charge >= 0.3 is 0 Å². The number of hydrogen-bond acceptors (Lipinski definition) is 2. The molecule has 3 rings (SSSR count). The van der Waals surface area contributed by atoms with E-state index in [0.29, 0.717) is 11.3 Å². The fourth-order valence-corrected chi connectivity index (χ4v) is 2.16. The third-order valence-corrected chi connectivity index (χ3v) is 3.26. The first kappa shape index (κ1) is 14.9. The number of anilines is 2. The molecule has 108 valence electrons. The highest BCUT2D eigenvalue weighted by molar-refractivity contribution is 6.13. The Morgan fingerprint density at radius 3 is 2.57 bits per heavy atom. The molecule has 0 saturated carbocycles. The number of aryl methyl sites for hydroxylation is 1. The molecule has 0 aliphatic carbocycles. The number of nitrogens with one attached hydrogen (secondary N) is 2. The van der Waals surface area contributed by atoms with Gasteiger partial charge in [-0.2, -0.15) is 0 Å². The van der Waals surface area contributed by atoms with Gasteiger partial charge in [0.1, 0.15) is 0 Å². The summed E-state index contributed by atoms with van der Waals surface area (Å²) >= 11 is 0. The Balaban J connectivity index is 0.00000161. The average Bonchev–Trinajstić information content (AvgIpc) is 2.84. The largest absolute Gasteiger partial charge is 0.399 e. The van der Waals surface area contributed by atoms with Crippen molar-refractivity contribution in [2.45, 2.75) is 6.92 Å². The first-order valence-electron chi connectivity index (χ1n) is 6.38. The second-order valence-corrected chi connectivity index (χ2v) is 4.83. The fraction of sp³-hybridized carbons (Fsp3) is 0.0625. The van der Waals surface area contributed by atoms with Gasteiger partial charge in [0.05, 0.1) is 5.56 Å². The van der Waals surface area contributed by atoms with Crippen LogP contribution in [0.3, 0.4) is 0 Å². The van der Waals surface area contributed by atoms with E-state index in [9.17, 15) is 4.79 Å². The number of aromatic nitrogens is 1. The maximum Gasteiger partial charge on any atom is 0.257 e. The molecule has 0 atom stereocenters. The summed E-state index contributed by atoms with van der Waals surface area (Å²) in [5.74, 6) is -0.147. The molecule has 0 bridgehead atoms. The average molecular weight is 302 g/mol. The quantitative estimate of drug-likeness (QED) is 0.631. The third kappa shape index (κ3) is 3.01. The Morgan fingerprint density at radius 2 is 1.86 bits per heavy atom. The minimum absolute atomic E-state index is 0. The summed E-state index contributed by atoms with van der Waals surface area (Å²) in [5.41, 5.74) is 9.84. The Morgan fingerprint density at radius 1 is 1.14 bits per heavy atom. The molecule has 4 N–H and O–H groups in total. The summed E-state index contributed by atoms with van der Waals surface area (Å²) in [6, 6.07) is 13.2. The number of halogens is 1. The van der Waals surface area contributed by atoms with Crippen molar-refractivity contribution in [2.75, 3.05) is 11.1 Å². The lowest BCUT2D eigenvalue weighted by Crippen LogP contribution is -2.11. The number of hydrogen-bond donors (Lipinski definition) is 3. The molecule has 1 heterocycles. The van der Waals surface area contributed by atoms with Crippen molar-refractivity contribution in [1.29, 1.82) is 0 Å². The van der Waals surface area contributed by atoms with Gasteiger partial charge in [-0.05, 0) is 37.3 Å². The van der Waals surface area contributed by atoms with Crippen LogP contribution >= 0.6 is 12.4 Å². The van der Waals surface area contributed by atoms with Gasteiger partial charge in [0, 0.05) is 28.5 Å². The molecule has 0 fully saturated rings. The van der Waals surface area contributed by atoms with E-state index in [4.69, 9.17) is 5.73 Å². The Hall–Kier alpha value is -2.46. The predicted octanol–water partition coefficient (Wildman–Crippen LogP) is 3.73. The molecule has 21 heavy (non-hydrogen) atoms. The van der Waals surface area contributed by atoms with Gasteiger partial charge in [0.15, 0.2) is 0 Å². The number of fused-ring (bicyclic) bond motifs is 1. The van der Waals surface area contributed by atoms with Gasteiger partial charge in [0.25, 0.3) is 5.91 Å². The van der Waals surface area contributed by atoms with E-state index in [1.165, 1.54) is 0 Å². The second-order valence-electron chi connectivity index (χ2n) is 4.83. The molecule has 5 heteroatoms. The van der Waals surface area contributed by atoms with Crippen LogP contribution in [-0.4, -0.2) is 10.9 Å². The van der Waals surface area contributed by atoms with Crippen LogP contribution in [0.25, 0.3) is 10.9 Å². The van der Waals surface area contributed by atoms with E-state index >= 15 is 0 Å². The smallest absolute Gasteiger partial charge is 0.257 e. The first-order chi connectivity index (χ1) is 9.63. The number of aromatic amines is 1. The zero-order valence-corrected chi connectivity index (χ0v) is 12.3. The molecule has 0 aliphatic heterocycles. The highest BCUT2D eigenvalue weighted by atomic mass is 35.5. The van der Waals surface area contributed by atoms with E-state index in [0.717, 1.165) is 22.2 Å². The zero-order valence-electron chi connectivity index (χ0n) is 11.5. The third-order valence-electron chi connectivity index (χ3n) is 3.26. The molecule has 4 nitrogen and oxygen atoms in total. The number of H-pyrrole nitrogens is 1. The normalized spacial score (nSPS) is 10.1. The highest BCUT2D eigenvalue weighted by Crippen LogP contribution is 2.22. The van der Waals surface area contributed by atoms with Crippen molar-refractivity contribution in [3.63, 3.8) is 0 Å². The van der Waals surface area contributed by atoms with Gasteiger partial charge in [-0.3, -0.25) is 4.79 Å². The van der Waals surface area contributed by atoms with Crippen LogP contribution in [0.4, 0.5) is 11.4 Å². The predicted molar refractivity (Wildman–Crippen MR) is 89.1 cm³/mol. The van der Waals surface area contributed by atoms with Gasteiger partial charge < -0.3 is 16.0 Å². The van der Waals surface area contributed by atoms with Gasteiger partial charge in [0.2, 0.25) is 0 Å². The first-order valence-corrected chi connectivity index (χ1v) is 6.38. The molecule has 1 amide bonds. The molecule has 0 unspecified atom stereocenters. The van der Waals surface area contributed by atoms with Crippen molar-refractivity contribution < 1.29 is 4.79 Å². The van der Waals surface area contributed by atoms with Crippen molar-refractivity contribution in [1.82, 2.24) is 4.98 Å². The molecule has 0 radical (unpaired) electrons. The van der Waals surface area contributed by atoms with Crippen molar-refractivity contribution >= 4 is 40.6 Å². The Kier molecular flexibility index (Phi) is 4.19. The number of benzene rings is 2. The number of rotatable bonds is 2. The number of carbonyl (C=O) groups excluding carboxylic acids is 1. The highest BCUT2D eigenvalue weighted by Gasteiger charge is 2.12. The van der Waals surface area contributed by atoms with E-state index in [1.807, 2.05) is 37.3 Å². The lowest BCUT2D eigenvalue weighted by molar-refractivity contribution is 0.102. The van der Waals surface area contributed by atoms with Crippen LogP contribution in [0.5, 0.6) is 0 Å². The Bertz CT molecular complexity index is 778. The lowest BCUT2D eigenvalue weighted by Gasteiger charge is -2.05. The molecular formula is C16H16ClN3O. The van der Waals surface area contributed by atoms with Crippen LogP contribution in [0.15, 0.2) is 48.7 Å². The molecular weight excluding hydrogens is 286 g/mol. The number of nitrogens with two attached hydrogens (primary N) is 1. The molecule has 2 aromatic carbocycles. The number of carbonyl (C=O) groups is 1. The molecule has 0 spiro atoms. The zero-order chi connectivity index (χ0) is 14.1. The van der Waals surface area contributed by atoms with Crippen molar-refractivity contribution in [3.8, 4) is 0 Å². The van der Waals surface area contributed by atoms with Crippen LogP contribution in [0.2, 0.25) is 0 Å². The number of nitrogen functional groups attached to an aromatic ring is 1. The SMILES string of the molecule is Cc1ccc(NC(=O)c2c[nH]c3ccc(N)cc23)cc1.Cl. The second kappa shape index (κ2) is 5.89. The lowest BCUT2D eigenvalue weighted by atomic mass is 10.1. The van der Waals surface area contributed by atoms with Crippen molar-refractivity contribution in [2.24, 2.45) is 0 Å². The number of amides is 1. The van der Waals surface area contributed by atoms with E-state index in [1.54, 1.807) is 18.3 Å². The molecule has 0 aliphatic rings. The summed E-state index contributed by atoms with van der Waals surface area (Å²) in [6.07, 6.45) is 1.70. The fourth-order valence-electron chi connectivity index (χ4n) is 2.16. The standard InChI is InChI=1S/C16H15N3O.ClH/c1-10-2-5-12(6-3-10)19-16(20)14-9-18-15-7-4-11(17)8-13(14)15;/h2-9,18H,17H2,1H3,(H,19,20);1H. The van der Waals surface area contributed by atoms with E-state index in [2.05, 4.69) is 10.3 Å². The summed E-state index contributed by atoms with van der Waals surface area (Å²) in [5, 5.41) is 3.71.